The molecule has 0 radical (unpaired) electrons. The van der Waals surface area contributed by atoms with Crippen LogP contribution >= 0.6 is 11.6 Å². The van der Waals surface area contributed by atoms with E-state index < -0.39 is 23.8 Å². The highest BCUT2D eigenvalue weighted by Gasteiger charge is 2.36. The summed E-state index contributed by atoms with van der Waals surface area (Å²) >= 11 is 6.29. The zero-order valence-electron chi connectivity index (χ0n) is 19.0. The van der Waals surface area contributed by atoms with Gasteiger partial charge < -0.3 is 14.8 Å². The fourth-order valence-electron chi connectivity index (χ4n) is 3.37. The number of para-hydroxylation sites is 1. The van der Waals surface area contributed by atoms with Crippen LogP contribution in [-0.2, 0) is 14.4 Å². The number of rotatable bonds is 7. The monoisotopic (exact) mass is 505 g/mol. The summed E-state index contributed by atoms with van der Waals surface area (Å²) in [5.74, 6) is -1.06. The van der Waals surface area contributed by atoms with E-state index in [-0.39, 0.29) is 23.0 Å². The smallest absolute Gasteiger partial charge is 0.335 e. The van der Waals surface area contributed by atoms with Gasteiger partial charge in [-0.2, -0.15) is 0 Å². The number of ether oxygens (including phenoxy) is 2. The Bertz CT molecular complexity index is 1360. The van der Waals surface area contributed by atoms with Crippen LogP contribution in [0.2, 0.25) is 5.02 Å². The second-order valence-corrected chi connectivity index (χ2v) is 7.96. The summed E-state index contributed by atoms with van der Waals surface area (Å²) in [5, 5.41) is 5.02. The molecule has 9 nitrogen and oxygen atoms in total. The second-order valence-electron chi connectivity index (χ2n) is 7.55. The molecule has 2 N–H and O–H groups in total. The summed E-state index contributed by atoms with van der Waals surface area (Å²) in [5.41, 5.74) is 1.10. The number of barbiturate groups is 1. The van der Waals surface area contributed by atoms with Crippen molar-refractivity contribution in [3.8, 4) is 11.5 Å². The van der Waals surface area contributed by atoms with Crippen LogP contribution in [0.3, 0.4) is 0 Å². The first-order chi connectivity index (χ1) is 17.4. The number of methoxy groups -OCH3 is 1. The molecule has 0 bridgehead atoms. The molecule has 36 heavy (non-hydrogen) atoms. The van der Waals surface area contributed by atoms with E-state index in [1.165, 1.54) is 18.2 Å². The van der Waals surface area contributed by atoms with Crippen molar-refractivity contribution in [2.45, 2.75) is 0 Å². The molecule has 0 aliphatic carbocycles. The van der Waals surface area contributed by atoms with Crippen LogP contribution in [0.25, 0.3) is 6.08 Å². The number of carbonyl (C=O) groups is 4. The van der Waals surface area contributed by atoms with Gasteiger partial charge in [0.25, 0.3) is 17.7 Å². The van der Waals surface area contributed by atoms with Crippen molar-refractivity contribution >= 4 is 52.8 Å². The third-order valence-electron chi connectivity index (χ3n) is 5.12. The number of benzene rings is 3. The highest BCUT2D eigenvalue weighted by Crippen LogP contribution is 2.28. The van der Waals surface area contributed by atoms with Crippen molar-refractivity contribution in [3.63, 3.8) is 0 Å². The van der Waals surface area contributed by atoms with Gasteiger partial charge in [0.2, 0.25) is 0 Å². The normalized spacial score (nSPS) is 14.4. The van der Waals surface area contributed by atoms with E-state index in [0.29, 0.717) is 22.7 Å². The molecule has 0 atom stereocenters. The molecule has 1 heterocycles. The number of hydrogen-bond acceptors (Lipinski definition) is 6. The number of urea groups is 1. The maximum absolute atomic E-state index is 12.9. The van der Waals surface area contributed by atoms with Gasteiger partial charge in [-0.25, -0.2) is 9.69 Å². The van der Waals surface area contributed by atoms with E-state index >= 15 is 0 Å². The lowest BCUT2D eigenvalue weighted by atomic mass is 10.1. The van der Waals surface area contributed by atoms with E-state index in [0.717, 1.165) is 4.90 Å². The molecule has 3 aromatic rings. The Hall–Kier alpha value is -4.63. The molecule has 0 aromatic heterocycles. The van der Waals surface area contributed by atoms with E-state index in [4.69, 9.17) is 21.1 Å². The molecule has 1 saturated heterocycles. The molecule has 4 rings (SSSR count). The summed E-state index contributed by atoms with van der Waals surface area (Å²) < 4.78 is 10.6. The minimum absolute atomic E-state index is 0.168. The van der Waals surface area contributed by atoms with E-state index in [2.05, 4.69) is 10.6 Å². The van der Waals surface area contributed by atoms with Gasteiger partial charge in [0.05, 0.1) is 17.8 Å². The quantitative estimate of drug-likeness (QED) is 0.370. The Balaban J connectivity index is 1.44. The first-order valence-corrected chi connectivity index (χ1v) is 11.1. The van der Waals surface area contributed by atoms with Gasteiger partial charge in [0.1, 0.15) is 17.1 Å². The largest absolute Gasteiger partial charge is 0.497 e. The van der Waals surface area contributed by atoms with Crippen LogP contribution in [0.15, 0.2) is 78.4 Å². The number of hydrogen-bond donors (Lipinski definition) is 2. The second kappa shape index (κ2) is 10.7. The number of nitrogens with one attached hydrogen (secondary N) is 2. The van der Waals surface area contributed by atoms with Gasteiger partial charge in [-0.15, -0.1) is 0 Å². The van der Waals surface area contributed by atoms with Crippen LogP contribution in [0.1, 0.15) is 5.56 Å². The van der Waals surface area contributed by atoms with Crippen LogP contribution in [0.4, 0.5) is 16.2 Å². The topological polar surface area (TPSA) is 114 Å². The number of imide groups is 2. The Morgan fingerprint density at radius 2 is 1.75 bits per heavy atom. The molecular formula is C26H20ClN3O6. The molecule has 1 aliphatic rings. The highest BCUT2D eigenvalue weighted by molar-refractivity contribution is 6.39. The molecule has 1 aliphatic heterocycles. The Morgan fingerprint density at radius 1 is 1.03 bits per heavy atom. The predicted molar refractivity (Wildman–Crippen MR) is 134 cm³/mol. The Labute approximate surface area is 211 Å². The minimum atomic E-state index is -0.831. The fourth-order valence-corrected chi connectivity index (χ4v) is 3.62. The van der Waals surface area contributed by atoms with Gasteiger partial charge >= 0.3 is 6.03 Å². The van der Waals surface area contributed by atoms with E-state index in [1.54, 1.807) is 67.8 Å². The Kier molecular flexibility index (Phi) is 7.31. The van der Waals surface area contributed by atoms with Gasteiger partial charge in [-0.05, 0) is 60.2 Å². The number of halogens is 1. The molecular weight excluding hydrogens is 486 g/mol. The van der Waals surface area contributed by atoms with Crippen molar-refractivity contribution in [1.29, 1.82) is 0 Å². The van der Waals surface area contributed by atoms with Crippen LogP contribution in [0.5, 0.6) is 11.5 Å². The standard InChI is InChI=1S/C26H20ClN3O6/c1-35-19-10-8-17(9-11-19)28-23(31)15-36-22-12-7-16(14-21(22)27)13-20-24(32)29-26(34)30(25(20)33)18-5-3-2-4-6-18/h2-14H,15H2,1H3,(H,28,31)(H,29,32,34)/b20-13-. The van der Waals surface area contributed by atoms with Crippen molar-refractivity contribution in [1.82, 2.24) is 5.32 Å². The van der Waals surface area contributed by atoms with Gasteiger partial charge in [-0.1, -0.05) is 35.9 Å². The summed E-state index contributed by atoms with van der Waals surface area (Å²) in [4.78, 5) is 50.6. The SMILES string of the molecule is COc1ccc(NC(=O)COc2ccc(/C=C3/C(=O)NC(=O)N(c4ccccc4)C3=O)cc2Cl)cc1. The lowest BCUT2D eigenvalue weighted by molar-refractivity contribution is -0.122. The van der Waals surface area contributed by atoms with Crippen molar-refractivity contribution in [2.24, 2.45) is 0 Å². The highest BCUT2D eigenvalue weighted by atomic mass is 35.5. The molecule has 5 amide bonds. The van der Waals surface area contributed by atoms with E-state index in [9.17, 15) is 19.2 Å². The zero-order valence-corrected chi connectivity index (χ0v) is 19.7. The molecule has 10 heteroatoms. The van der Waals surface area contributed by atoms with Crippen LogP contribution in [0, 0.1) is 0 Å². The Morgan fingerprint density at radius 3 is 2.42 bits per heavy atom. The first kappa shape index (κ1) is 24.5. The van der Waals surface area contributed by atoms with Crippen molar-refractivity contribution < 1.29 is 28.7 Å². The molecule has 0 unspecified atom stereocenters. The van der Waals surface area contributed by atoms with Crippen molar-refractivity contribution in [3.05, 3.63) is 89.0 Å². The lowest BCUT2D eigenvalue weighted by Crippen LogP contribution is -2.54. The summed E-state index contributed by atoms with van der Waals surface area (Å²) in [6.07, 6.45) is 1.33. The van der Waals surface area contributed by atoms with Crippen LogP contribution in [-0.4, -0.2) is 37.5 Å². The average Bonchev–Trinajstić information content (AvgIpc) is 2.87. The maximum Gasteiger partial charge on any atom is 0.335 e. The average molecular weight is 506 g/mol. The summed E-state index contributed by atoms with van der Waals surface area (Å²) in [6.45, 7) is -0.290. The molecule has 0 saturated carbocycles. The van der Waals surface area contributed by atoms with Crippen molar-refractivity contribution in [2.75, 3.05) is 23.9 Å². The van der Waals surface area contributed by atoms with Gasteiger partial charge in [0.15, 0.2) is 6.61 Å². The fraction of sp³-hybridized carbons (Fsp3) is 0.0769. The molecule has 3 aromatic carbocycles. The zero-order chi connectivity index (χ0) is 25.7. The third-order valence-corrected chi connectivity index (χ3v) is 5.41. The van der Waals surface area contributed by atoms with E-state index in [1.807, 2.05) is 0 Å². The lowest BCUT2D eigenvalue weighted by Gasteiger charge is -2.26. The number of anilines is 2. The third kappa shape index (κ3) is 5.53. The molecule has 182 valence electrons. The summed E-state index contributed by atoms with van der Waals surface area (Å²) in [6, 6.07) is 18.8. The summed E-state index contributed by atoms with van der Waals surface area (Å²) in [7, 11) is 1.55. The minimum Gasteiger partial charge on any atom is -0.497 e. The van der Waals surface area contributed by atoms with Crippen LogP contribution < -0.4 is 25.0 Å². The first-order valence-electron chi connectivity index (χ1n) is 10.7. The molecule has 1 fully saturated rings. The van der Waals surface area contributed by atoms with Gasteiger partial charge in [0, 0.05) is 5.69 Å². The van der Waals surface area contributed by atoms with Gasteiger partial charge in [-0.3, -0.25) is 19.7 Å². The molecule has 0 spiro atoms. The maximum atomic E-state index is 12.9. The number of carbonyl (C=O) groups excluding carboxylic acids is 4. The number of nitrogens with zero attached hydrogens (tertiary/aromatic N) is 1. The predicted octanol–water partition coefficient (Wildman–Crippen LogP) is 4.03. The number of amides is 5.